The highest BCUT2D eigenvalue weighted by Crippen LogP contribution is 2.27. The Morgan fingerprint density at radius 2 is 1.76 bits per heavy atom. The molecule has 0 aliphatic carbocycles. The minimum absolute atomic E-state index is 0.373. The number of hydrogen-bond donors (Lipinski definition) is 2. The van der Waals surface area contributed by atoms with Crippen molar-refractivity contribution in [2.75, 3.05) is 47.5 Å². The van der Waals surface area contributed by atoms with Gasteiger partial charge in [-0.2, -0.15) is 0 Å². The average molecular weight is 371 g/mol. The molecule has 2 N–H and O–H groups in total. The maximum atomic E-state index is 12.0. The molecule has 0 bridgehead atoms. The lowest BCUT2D eigenvalue weighted by Gasteiger charge is -2.29. The second-order valence-corrected chi connectivity index (χ2v) is 8.62. The molecule has 1 aromatic rings. The molecule has 1 aromatic carbocycles. The SMILES string of the molecule is CC(C)(C)OC(=O)Nc1cc(NS(C)(=O)=O)cc(N2CCOCC2)c1. The van der Waals surface area contributed by atoms with Crippen LogP contribution in [0, 0.1) is 0 Å². The van der Waals surface area contributed by atoms with Crippen LogP contribution in [0.1, 0.15) is 20.8 Å². The maximum Gasteiger partial charge on any atom is 0.412 e. The Balaban J connectivity index is 2.27. The highest BCUT2D eigenvalue weighted by molar-refractivity contribution is 7.92. The second kappa shape index (κ2) is 7.49. The van der Waals surface area contributed by atoms with E-state index in [4.69, 9.17) is 9.47 Å². The van der Waals surface area contributed by atoms with Crippen molar-refractivity contribution in [2.24, 2.45) is 0 Å². The molecule has 1 saturated heterocycles. The summed E-state index contributed by atoms with van der Waals surface area (Å²) in [5.74, 6) is 0. The van der Waals surface area contributed by atoms with Crippen molar-refractivity contribution in [3.05, 3.63) is 18.2 Å². The minimum atomic E-state index is -3.44. The molecule has 0 aromatic heterocycles. The van der Waals surface area contributed by atoms with Gasteiger partial charge in [0, 0.05) is 24.5 Å². The highest BCUT2D eigenvalue weighted by atomic mass is 32.2. The number of rotatable bonds is 4. The zero-order valence-corrected chi connectivity index (χ0v) is 15.8. The molecule has 140 valence electrons. The molecule has 0 atom stereocenters. The molecule has 1 aliphatic rings. The molecule has 1 aliphatic heterocycles. The predicted molar refractivity (Wildman–Crippen MR) is 97.8 cm³/mol. The molecule has 0 unspecified atom stereocenters. The second-order valence-electron chi connectivity index (χ2n) is 6.87. The fourth-order valence-electron chi connectivity index (χ4n) is 2.38. The van der Waals surface area contributed by atoms with Crippen LogP contribution in [-0.2, 0) is 19.5 Å². The lowest BCUT2D eigenvalue weighted by Crippen LogP contribution is -2.36. The van der Waals surface area contributed by atoms with E-state index in [1.807, 2.05) is 0 Å². The zero-order valence-electron chi connectivity index (χ0n) is 15.0. The number of benzene rings is 1. The molecule has 1 heterocycles. The fraction of sp³-hybridized carbons (Fsp3) is 0.562. The van der Waals surface area contributed by atoms with Gasteiger partial charge >= 0.3 is 6.09 Å². The highest BCUT2D eigenvalue weighted by Gasteiger charge is 2.18. The third-order valence-corrected chi connectivity index (χ3v) is 3.85. The van der Waals surface area contributed by atoms with Crippen LogP contribution in [0.3, 0.4) is 0 Å². The third kappa shape index (κ3) is 6.79. The summed E-state index contributed by atoms with van der Waals surface area (Å²) in [5.41, 5.74) is 0.990. The van der Waals surface area contributed by atoms with E-state index in [2.05, 4.69) is 14.9 Å². The Morgan fingerprint density at radius 1 is 1.16 bits per heavy atom. The van der Waals surface area contributed by atoms with Gasteiger partial charge in [-0.15, -0.1) is 0 Å². The summed E-state index contributed by atoms with van der Waals surface area (Å²) in [7, 11) is -3.44. The van der Waals surface area contributed by atoms with E-state index in [0.717, 1.165) is 11.9 Å². The first-order valence-corrected chi connectivity index (χ1v) is 9.86. The Morgan fingerprint density at radius 3 is 2.32 bits per heavy atom. The van der Waals surface area contributed by atoms with Gasteiger partial charge in [-0.1, -0.05) is 0 Å². The van der Waals surface area contributed by atoms with Crippen molar-refractivity contribution in [1.29, 1.82) is 0 Å². The van der Waals surface area contributed by atoms with Crippen LogP contribution in [0.25, 0.3) is 0 Å². The van der Waals surface area contributed by atoms with Gasteiger partial charge in [0.25, 0.3) is 0 Å². The molecule has 0 spiro atoms. The number of nitrogens with zero attached hydrogens (tertiary/aromatic N) is 1. The van der Waals surface area contributed by atoms with Crippen LogP contribution in [0.15, 0.2) is 18.2 Å². The standard InChI is InChI=1S/C16H25N3O5S/c1-16(2,3)24-15(20)17-12-9-13(18-25(4,21)22)11-14(10-12)19-5-7-23-8-6-19/h9-11,18H,5-8H2,1-4H3,(H,17,20). The number of sulfonamides is 1. The van der Waals surface area contributed by atoms with Gasteiger partial charge in [0.05, 0.1) is 25.2 Å². The first-order chi connectivity index (χ1) is 11.5. The molecular weight excluding hydrogens is 346 g/mol. The Kier molecular flexibility index (Phi) is 5.79. The van der Waals surface area contributed by atoms with Crippen LogP contribution < -0.4 is 14.9 Å². The predicted octanol–water partition coefficient (Wildman–Crippen LogP) is 2.24. The Labute approximate surface area is 148 Å². The topological polar surface area (TPSA) is 97.0 Å². The number of carbonyl (C=O) groups excluding carboxylic acids is 1. The van der Waals surface area contributed by atoms with Gasteiger partial charge in [-0.3, -0.25) is 10.0 Å². The Bertz CT molecular complexity index is 722. The lowest BCUT2D eigenvalue weighted by atomic mass is 10.2. The minimum Gasteiger partial charge on any atom is -0.444 e. The summed E-state index contributed by atoms with van der Waals surface area (Å²) < 4.78 is 36.1. The fourth-order valence-corrected chi connectivity index (χ4v) is 2.93. The number of anilines is 3. The van der Waals surface area contributed by atoms with Crippen molar-refractivity contribution in [3.8, 4) is 0 Å². The third-order valence-electron chi connectivity index (χ3n) is 3.24. The van der Waals surface area contributed by atoms with Gasteiger partial charge < -0.3 is 14.4 Å². The first-order valence-electron chi connectivity index (χ1n) is 7.97. The van der Waals surface area contributed by atoms with Gasteiger partial charge in [-0.25, -0.2) is 13.2 Å². The molecule has 8 nitrogen and oxygen atoms in total. The van der Waals surface area contributed by atoms with Crippen LogP contribution >= 0.6 is 0 Å². The average Bonchev–Trinajstić information content (AvgIpc) is 2.44. The van der Waals surface area contributed by atoms with E-state index in [1.165, 1.54) is 0 Å². The summed E-state index contributed by atoms with van der Waals surface area (Å²) in [6, 6.07) is 5.06. The van der Waals surface area contributed by atoms with Gasteiger partial charge in [-0.05, 0) is 39.0 Å². The molecule has 25 heavy (non-hydrogen) atoms. The Hall–Kier alpha value is -2.00. The largest absolute Gasteiger partial charge is 0.444 e. The summed E-state index contributed by atoms with van der Waals surface area (Å²) in [6.07, 6.45) is 0.479. The van der Waals surface area contributed by atoms with Crippen molar-refractivity contribution in [3.63, 3.8) is 0 Å². The van der Waals surface area contributed by atoms with Gasteiger partial charge in [0.15, 0.2) is 0 Å². The van der Waals surface area contributed by atoms with Crippen molar-refractivity contribution >= 4 is 33.2 Å². The lowest BCUT2D eigenvalue weighted by molar-refractivity contribution is 0.0636. The zero-order chi connectivity index (χ0) is 18.7. The molecule has 9 heteroatoms. The summed E-state index contributed by atoms with van der Waals surface area (Å²) in [4.78, 5) is 14.1. The van der Waals surface area contributed by atoms with E-state index in [1.54, 1.807) is 39.0 Å². The van der Waals surface area contributed by atoms with Crippen LogP contribution in [-0.4, -0.2) is 52.7 Å². The summed E-state index contributed by atoms with van der Waals surface area (Å²) in [5, 5.41) is 2.65. The molecule has 1 amide bonds. The van der Waals surface area contributed by atoms with Crippen LogP contribution in [0.2, 0.25) is 0 Å². The van der Waals surface area contributed by atoms with Gasteiger partial charge in [0.2, 0.25) is 10.0 Å². The van der Waals surface area contributed by atoms with Crippen molar-refractivity contribution in [1.82, 2.24) is 0 Å². The smallest absolute Gasteiger partial charge is 0.412 e. The van der Waals surface area contributed by atoms with E-state index in [9.17, 15) is 13.2 Å². The van der Waals surface area contributed by atoms with Crippen molar-refractivity contribution in [2.45, 2.75) is 26.4 Å². The molecular formula is C16H25N3O5S. The molecule has 0 radical (unpaired) electrons. The summed E-state index contributed by atoms with van der Waals surface area (Å²) in [6.45, 7) is 7.88. The maximum absolute atomic E-state index is 12.0. The molecule has 0 saturated carbocycles. The monoisotopic (exact) mass is 371 g/mol. The normalized spacial score (nSPS) is 15.6. The van der Waals surface area contributed by atoms with Crippen molar-refractivity contribution < 1.29 is 22.7 Å². The number of ether oxygens (including phenoxy) is 2. The quantitative estimate of drug-likeness (QED) is 0.842. The number of hydrogen-bond acceptors (Lipinski definition) is 6. The van der Waals surface area contributed by atoms with Crippen LogP contribution in [0.5, 0.6) is 0 Å². The van der Waals surface area contributed by atoms with E-state index < -0.39 is 21.7 Å². The number of amides is 1. The van der Waals surface area contributed by atoms with E-state index >= 15 is 0 Å². The summed E-state index contributed by atoms with van der Waals surface area (Å²) >= 11 is 0. The number of nitrogens with one attached hydrogen (secondary N) is 2. The molecule has 1 fully saturated rings. The van der Waals surface area contributed by atoms with Crippen LogP contribution in [0.4, 0.5) is 21.9 Å². The first kappa shape index (κ1) is 19.3. The van der Waals surface area contributed by atoms with Gasteiger partial charge in [0.1, 0.15) is 5.60 Å². The molecule has 2 rings (SSSR count). The number of morpholine rings is 1. The number of carbonyl (C=O) groups is 1. The van der Waals surface area contributed by atoms with E-state index in [0.29, 0.717) is 37.7 Å². The van der Waals surface area contributed by atoms with E-state index in [-0.39, 0.29) is 0 Å².